The zero-order valence-electron chi connectivity index (χ0n) is 16.3. The molecule has 0 bridgehead atoms. The predicted molar refractivity (Wildman–Crippen MR) is 108 cm³/mol. The molecule has 5 nitrogen and oxygen atoms in total. The number of nitrogens with zero attached hydrogens (tertiary/aromatic N) is 1. The Kier molecular flexibility index (Phi) is 5.91. The normalized spacial score (nSPS) is 15.1. The van der Waals surface area contributed by atoms with Gasteiger partial charge in [0.25, 0.3) is 11.8 Å². The molecule has 2 atom stereocenters. The minimum Gasteiger partial charge on any atom is -0.321 e. The summed E-state index contributed by atoms with van der Waals surface area (Å²) in [7, 11) is 1.90. The SMILES string of the molecule is CCc1ccccc1NC(=O)C[NH+](C)[C@H](C)C(=O)N1CCc2ccccc21. The summed E-state index contributed by atoms with van der Waals surface area (Å²) in [4.78, 5) is 28.2. The van der Waals surface area contributed by atoms with Gasteiger partial charge in [0.05, 0.1) is 7.05 Å². The minimum absolute atomic E-state index is 0.0687. The van der Waals surface area contributed by atoms with Crippen LogP contribution in [0, 0.1) is 0 Å². The zero-order chi connectivity index (χ0) is 19.4. The van der Waals surface area contributed by atoms with E-state index < -0.39 is 0 Å². The predicted octanol–water partition coefficient (Wildman–Crippen LogP) is 1.68. The van der Waals surface area contributed by atoms with Crippen LogP contribution in [0.1, 0.15) is 25.0 Å². The van der Waals surface area contributed by atoms with Crippen molar-refractivity contribution in [1.82, 2.24) is 0 Å². The maximum atomic E-state index is 13.0. The lowest BCUT2D eigenvalue weighted by molar-refractivity contribution is -0.885. The van der Waals surface area contributed by atoms with Crippen molar-refractivity contribution in [2.45, 2.75) is 32.7 Å². The lowest BCUT2D eigenvalue weighted by Gasteiger charge is -2.25. The van der Waals surface area contributed by atoms with E-state index >= 15 is 0 Å². The maximum Gasteiger partial charge on any atom is 0.284 e. The van der Waals surface area contributed by atoms with Gasteiger partial charge in [0.15, 0.2) is 12.6 Å². The van der Waals surface area contributed by atoms with E-state index in [2.05, 4.69) is 18.3 Å². The summed E-state index contributed by atoms with van der Waals surface area (Å²) in [5.41, 5.74) is 4.18. The quantitative estimate of drug-likeness (QED) is 0.817. The van der Waals surface area contributed by atoms with Crippen molar-refractivity contribution in [3.63, 3.8) is 0 Å². The molecule has 0 radical (unpaired) electrons. The first-order chi connectivity index (χ1) is 13.0. The van der Waals surface area contributed by atoms with Gasteiger partial charge in [-0.1, -0.05) is 43.3 Å². The van der Waals surface area contributed by atoms with E-state index in [4.69, 9.17) is 0 Å². The summed E-state index contributed by atoms with van der Waals surface area (Å²) in [6.45, 7) is 4.93. The van der Waals surface area contributed by atoms with Gasteiger partial charge in [-0.05, 0) is 43.0 Å². The van der Waals surface area contributed by atoms with Crippen LogP contribution in [-0.2, 0) is 22.4 Å². The molecule has 2 N–H and O–H groups in total. The second-order valence-corrected chi connectivity index (χ2v) is 7.17. The van der Waals surface area contributed by atoms with Crippen molar-refractivity contribution < 1.29 is 14.5 Å². The van der Waals surface area contributed by atoms with Gasteiger partial charge in [0, 0.05) is 17.9 Å². The van der Waals surface area contributed by atoms with E-state index in [0.29, 0.717) is 6.54 Å². The third-order valence-corrected chi connectivity index (χ3v) is 5.37. The van der Waals surface area contributed by atoms with Crippen molar-refractivity contribution in [3.05, 3.63) is 59.7 Å². The minimum atomic E-state index is -0.289. The van der Waals surface area contributed by atoms with E-state index in [1.54, 1.807) is 0 Å². The molecular weight excluding hydrogens is 338 g/mol. The molecule has 0 saturated carbocycles. The number of likely N-dealkylation sites (N-methyl/N-ethyl adjacent to an activating group) is 1. The Balaban J connectivity index is 1.61. The lowest BCUT2D eigenvalue weighted by Crippen LogP contribution is -3.15. The molecule has 27 heavy (non-hydrogen) atoms. The average Bonchev–Trinajstić information content (AvgIpc) is 3.11. The molecule has 0 spiro atoms. The summed E-state index contributed by atoms with van der Waals surface area (Å²) in [5, 5.41) is 2.99. The number of anilines is 2. The van der Waals surface area contributed by atoms with Crippen molar-refractivity contribution in [1.29, 1.82) is 0 Å². The van der Waals surface area contributed by atoms with Crippen LogP contribution in [-0.4, -0.2) is 38.0 Å². The summed E-state index contributed by atoms with van der Waals surface area (Å²) in [6.07, 6.45) is 1.75. The van der Waals surface area contributed by atoms with Gasteiger partial charge >= 0.3 is 0 Å². The summed E-state index contributed by atoms with van der Waals surface area (Å²) >= 11 is 0. The maximum absolute atomic E-state index is 13.0. The van der Waals surface area contributed by atoms with Gasteiger partial charge in [-0.3, -0.25) is 9.59 Å². The standard InChI is InChI=1S/C22H27N3O2/c1-4-17-9-5-7-11-19(17)23-21(26)15-24(3)16(2)22(27)25-14-13-18-10-6-8-12-20(18)25/h5-12,16H,4,13-15H2,1-3H3,(H,23,26)/p+1/t16-/m1/s1. The Bertz CT molecular complexity index is 834. The Morgan fingerprint density at radius 2 is 1.85 bits per heavy atom. The van der Waals surface area contributed by atoms with Crippen LogP contribution in [0.25, 0.3) is 0 Å². The molecule has 142 valence electrons. The third-order valence-electron chi connectivity index (χ3n) is 5.37. The van der Waals surface area contributed by atoms with E-state index in [-0.39, 0.29) is 24.4 Å². The molecule has 2 aromatic carbocycles. The van der Waals surface area contributed by atoms with Crippen LogP contribution in [0.3, 0.4) is 0 Å². The van der Waals surface area contributed by atoms with Crippen LogP contribution in [0.2, 0.25) is 0 Å². The number of benzene rings is 2. The number of rotatable bonds is 6. The van der Waals surface area contributed by atoms with Crippen molar-refractivity contribution in [3.8, 4) is 0 Å². The van der Waals surface area contributed by atoms with Crippen LogP contribution < -0.4 is 15.1 Å². The monoisotopic (exact) mass is 366 g/mol. The molecule has 0 aliphatic carbocycles. The Morgan fingerprint density at radius 1 is 1.15 bits per heavy atom. The number of fused-ring (bicyclic) bond motifs is 1. The average molecular weight is 366 g/mol. The lowest BCUT2D eigenvalue weighted by atomic mass is 10.1. The fourth-order valence-corrected chi connectivity index (χ4v) is 3.56. The van der Waals surface area contributed by atoms with Gasteiger partial charge in [0.1, 0.15) is 0 Å². The molecule has 0 saturated heterocycles. The highest BCUT2D eigenvalue weighted by Crippen LogP contribution is 2.27. The number of hydrogen-bond acceptors (Lipinski definition) is 2. The number of hydrogen-bond donors (Lipinski definition) is 2. The molecule has 5 heteroatoms. The van der Waals surface area contributed by atoms with Gasteiger partial charge < -0.3 is 15.1 Å². The molecule has 1 unspecified atom stereocenters. The Labute approximate surface area is 161 Å². The van der Waals surface area contributed by atoms with E-state index in [1.165, 1.54) is 5.56 Å². The van der Waals surface area contributed by atoms with Crippen LogP contribution >= 0.6 is 0 Å². The number of carbonyl (C=O) groups is 2. The first kappa shape index (κ1) is 19.1. The van der Waals surface area contributed by atoms with Crippen LogP contribution in [0.5, 0.6) is 0 Å². The van der Waals surface area contributed by atoms with E-state index in [1.807, 2.05) is 61.3 Å². The molecule has 1 heterocycles. The number of carbonyl (C=O) groups excluding carboxylic acids is 2. The number of quaternary nitrogens is 1. The number of para-hydroxylation sites is 2. The fourth-order valence-electron chi connectivity index (χ4n) is 3.56. The molecular formula is C22H28N3O2+. The summed E-state index contributed by atoms with van der Waals surface area (Å²) in [6, 6.07) is 15.6. The van der Waals surface area contributed by atoms with Gasteiger partial charge in [-0.2, -0.15) is 0 Å². The first-order valence-electron chi connectivity index (χ1n) is 9.60. The highest BCUT2D eigenvalue weighted by molar-refractivity contribution is 5.98. The fraction of sp³-hybridized carbons (Fsp3) is 0.364. The topological polar surface area (TPSA) is 53.9 Å². The van der Waals surface area contributed by atoms with Crippen molar-refractivity contribution in [2.75, 3.05) is 30.4 Å². The van der Waals surface area contributed by atoms with Gasteiger partial charge in [-0.25, -0.2) is 0 Å². The highest BCUT2D eigenvalue weighted by Gasteiger charge is 2.32. The first-order valence-corrected chi connectivity index (χ1v) is 9.60. The van der Waals surface area contributed by atoms with Crippen molar-refractivity contribution in [2.24, 2.45) is 0 Å². The highest BCUT2D eigenvalue weighted by atomic mass is 16.2. The van der Waals surface area contributed by atoms with Crippen molar-refractivity contribution >= 4 is 23.2 Å². The Morgan fingerprint density at radius 3 is 2.63 bits per heavy atom. The zero-order valence-corrected chi connectivity index (χ0v) is 16.3. The van der Waals surface area contributed by atoms with Gasteiger partial charge in [0.2, 0.25) is 0 Å². The van der Waals surface area contributed by atoms with E-state index in [9.17, 15) is 9.59 Å². The van der Waals surface area contributed by atoms with E-state index in [0.717, 1.165) is 34.7 Å². The van der Waals surface area contributed by atoms with Gasteiger partial charge in [-0.15, -0.1) is 0 Å². The summed E-state index contributed by atoms with van der Waals surface area (Å²) < 4.78 is 0. The second-order valence-electron chi connectivity index (χ2n) is 7.17. The molecule has 2 aromatic rings. The second kappa shape index (κ2) is 8.35. The number of nitrogens with one attached hydrogen (secondary N) is 2. The third kappa shape index (κ3) is 4.19. The number of aryl methyl sites for hydroxylation is 1. The molecule has 0 aromatic heterocycles. The molecule has 1 aliphatic rings. The number of amides is 2. The smallest absolute Gasteiger partial charge is 0.284 e. The molecule has 3 rings (SSSR count). The molecule has 2 amide bonds. The molecule has 1 aliphatic heterocycles. The largest absolute Gasteiger partial charge is 0.321 e. The Hall–Kier alpha value is -2.66. The van der Waals surface area contributed by atoms with Crippen LogP contribution in [0.4, 0.5) is 11.4 Å². The molecule has 0 fully saturated rings. The summed E-state index contributed by atoms with van der Waals surface area (Å²) in [5.74, 6) is -0.00548. The van der Waals surface area contributed by atoms with Crippen LogP contribution in [0.15, 0.2) is 48.5 Å².